The molecule has 4 rings (SSSR count). The summed E-state index contributed by atoms with van der Waals surface area (Å²) in [7, 11) is 4.66. The molecular formula is C23H23NO7. The number of carbonyl (C=O) groups excluding carboxylic acids is 1. The fourth-order valence-electron chi connectivity index (χ4n) is 3.63. The van der Waals surface area contributed by atoms with Crippen LogP contribution < -0.4 is 29.0 Å². The van der Waals surface area contributed by atoms with Gasteiger partial charge in [-0.3, -0.25) is 4.79 Å². The smallest absolute Gasteiger partial charge is 0.231 e. The Morgan fingerprint density at radius 1 is 1.06 bits per heavy atom. The largest absolute Gasteiger partial charge is 0.497 e. The van der Waals surface area contributed by atoms with Crippen molar-refractivity contribution in [2.24, 2.45) is 0 Å². The highest BCUT2D eigenvalue weighted by atomic mass is 16.7. The number of rotatable bonds is 8. The van der Waals surface area contributed by atoms with Crippen molar-refractivity contribution in [1.82, 2.24) is 5.32 Å². The van der Waals surface area contributed by atoms with Gasteiger partial charge in [0, 0.05) is 17.7 Å². The predicted molar refractivity (Wildman–Crippen MR) is 114 cm³/mol. The van der Waals surface area contributed by atoms with Crippen molar-refractivity contribution in [1.29, 1.82) is 0 Å². The average molecular weight is 425 g/mol. The second kappa shape index (κ2) is 8.51. The molecule has 0 spiro atoms. The lowest BCUT2D eigenvalue weighted by molar-refractivity contribution is -0.120. The van der Waals surface area contributed by atoms with Crippen LogP contribution in [0.2, 0.25) is 0 Å². The van der Waals surface area contributed by atoms with Gasteiger partial charge in [-0.2, -0.15) is 0 Å². The molecule has 31 heavy (non-hydrogen) atoms. The Balaban J connectivity index is 1.98. The lowest BCUT2D eigenvalue weighted by Crippen LogP contribution is -2.25. The van der Waals surface area contributed by atoms with Gasteiger partial charge in [0.25, 0.3) is 0 Å². The van der Waals surface area contributed by atoms with E-state index in [4.69, 9.17) is 28.1 Å². The van der Waals surface area contributed by atoms with E-state index < -0.39 is 0 Å². The summed E-state index contributed by atoms with van der Waals surface area (Å²) >= 11 is 0. The zero-order valence-electron chi connectivity index (χ0n) is 17.6. The maximum atomic E-state index is 12.6. The lowest BCUT2D eigenvalue weighted by atomic mass is 10.0. The van der Waals surface area contributed by atoms with Crippen LogP contribution in [0.4, 0.5) is 0 Å². The second-order valence-corrected chi connectivity index (χ2v) is 6.74. The maximum absolute atomic E-state index is 12.6. The number of hydrogen-bond donors (Lipinski definition) is 1. The number of benzene rings is 2. The van der Waals surface area contributed by atoms with Gasteiger partial charge in [0.2, 0.25) is 29.9 Å². The van der Waals surface area contributed by atoms with Crippen LogP contribution in [0.15, 0.2) is 41.3 Å². The van der Waals surface area contributed by atoms with Crippen LogP contribution in [-0.2, 0) is 11.2 Å². The lowest BCUT2D eigenvalue weighted by Gasteiger charge is -2.11. The quantitative estimate of drug-likeness (QED) is 0.551. The van der Waals surface area contributed by atoms with Gasteiger partial charge in [-0.1, -0.05) is 6.08 Å². The number of hydrogen-bond acceptors (Lipinski definition) is 7. The highest BCUT2D eigenvalue weighted by Crippen LogP contribution is 2.56. The molecule has 0 saturated carbocycles. The minimum atomic E-state index is -0.184. The van der Waals surface area contributed by atoms with E-state index in [9.17, 15) is 4.79 Å². The summed E-state index contributed by atoms with van der Waals surface area (Å²) in [5.74, 6) is 2.68. The van der Waals surface area contributed by atoms with Crippen LogP contribution >= 0.6 is 0 Å². The van der Waals surface area contributed by atoms with E-state index in [-0.39, 0.29) is 19.1 Å². The SMILES string of the molecule is C=CCNC(=O)Cc1c(-c2ccc(OC)cc2)oc2c(OC)c3c(c(OC)c12)OCO3. The minimum absolute atomic E-state index is 0.0369. The fourth-order valence-corrected chi connectivity index (χ4v) is 3.63. The summed E-state index contributed by atoms with van der Waals surface area (Å²) in [4.78, 5) is 12.6. The maximum Gasteiger partial charge on any atom is 0.231 e. The molecule has 2 aromatic carbocycles. The van der Waals surface area contributed by atoms with Crippen LogP contribution in [-0.4, -0.2) is 40.6 Å². The summed E-state index contributed by atoms with van der Waals surface area (Å²) in [5.41, 5.74) is 1.84. The summed E-state index contributed by atoms with van der Waals surface area (Å²) in [6, 6.07) is 7.37. The van der Waals surface area contributed by atoms with E-state index in [1.165, 1.54) is 14.2 Å². The molecule has 1 aliphatic rings. The van der Waals surface area contributed by atoms with Gasteiger partial charge >= 0.3 is 0 Å². The van der Waals surface area contributed by atoms with Crippen molar-refractivity contribution in [3.05, 3.63) is 42.5 Å². The average Bonchev–Trinajstić information content (AvgIpc) is 3.42. The molecule has 0 aliphatic carbocycles. The van der Waals surface area contributed by atoms with Crippen LogP contribution in [0.25, 0.3) is 22.3 Å². The van der Waals surface area contributed by atoms with Gasteiger partial charge < -0.3 is 33.4 Å². The minimum Gasteiger partial charge on any atom is -0.497 e. The molecular weight excluding hydrogens is 402 g/mol. The number of nitrogens with one attached hydrogen (secondary N) is 1. The first-order valence-electron chi connectivity index (χ1n) is 9.63. The molecule has 0 atom stereocenters. The molecule has 162 valence electrons. The van der Waals surface area contributed by atoms with Crippen LogP contribution in [0.3, 0.4) is 0 Å². The molecule has 1 aliphatic heterocycles. The Morgan fingerprint density at radius 3 is 2.35 bits per heavy atom. The first-order valence-corrected chi connectivity index (χ1v) is 9.63. The second-order valence-electron chi connectivity index (χ2n) is 6.74. The molecule has 0 saturated heterocycles. The Kier molecular flexibility index (Phi) is 5.62. The van der Waals surface area contributed by atoms with Gasteiger partial charge in [0.15, 0.2) is 11.3 Å². The number of furan rings is 1. The monoisotopic (exact) mass is 425 g/mol. The summed E-state index contributed by atoms with van der Waals surface area (Å²) < 4.78 is 34.0. The van der Waals surface area contributed by atoms with E-state index in [0.717, 1.165) is 5.56 Å². The number of fused-ring (bicyclic) bond motifs is 2. The Labute approximate surface area is 179 Å². The van der Waals surface area contributed by atoms with Crippen LogP contribution in [0.1, 0.15) is 5.56 Å². The highest BCUT2D eigenvalue weighted by molar-refractivity contribution is 6.03. The van der Waals surface area contributed by atoms with Crippen LogP contribution in [0, 0.1) is 0 Å². The molecule has 2 heterocycles. The van der Waals surface area contributed by atoms with E-state index in [2.05, 4.69) is 11.9 Å². The van der Waals surface area contributed by atoms with E-state index in [0.29, 0.717) is 57.6 Å². The summed E-state index contributed by atoms with van der Waals surface area (Å²) in [6.07, 6.45) is 1.68. The van der Waals surface area contributed by atoms with Gasteiger partial charge in [0.1, 0.15) is 11.5 Å². The van der Waals surface area contributed by atoms with E-state index in [1.54, 1.807) is 13.2 Å². The molecule has 1 amide bonds. The third-order valence-corrected chi connectivity index (χ3v) is 5.01. The summed E-state index contributed by atoms with van der Waals surface area (Å²) in [5, 5.41) is 3.40. The normalized spacial score (nSPS) is 12.0. The highest BCUT2D eigenvalue weighted by Gasteiger charge is 2.34. The Morgan fingerprint density at radius 2 is 1.74 bits per heavy atom. The molecule has 8 heteroatoms. The van der Waals surface area contributed by atoms with Crippen molar-refractivity contribution in [2.75, 3.05) is 34.7 Å². The van der Waals surface area contributed by atoms with Crippen molar-refractivity contribution < 1.29 is 32.9 Å². The van der Waals surface area contributed by atoms with Gasteiger partial charge in [-0.05, 0) is 24.3 Å². The third kappa shape index (κ3) is 3.50. The third-order valence-electron chi connectivity index (χ3n) is 5.01. The molecule has 0 fully saturated rings. The predicted octanol–water partition coefficient (Wildman–Crippen LogP) is 3.70. The fraction of sp³-hybridized carbons (Fsp3) is 0.261. The molecule has 0 unspecified atom stereocenters. The molecule has 3 aromatic rings. The van der Waals surface area contributed by atoms with Crippen molar-refractivity contribution in [3.63, 3.8) is 0 Å². The van der Waals surface area contributed by atoms with Gasteiger partial charge in [0.05, 0.1) is 33.1 Å². The molecule has 1 N–H and O–H groups in total. The van der Waals surface area contributed by atoms with Gasteiger partial charge in [-0.15, -0.1) is 6.58 Å². The Bertz CT molecular complexity index is 1130. The topological polar surface area (TPSA) is 88.4 Å². The molecule has 1 aromatic heterocycles. The van der Waals surface area contributed by atoms with Crippen molar-refractivity contribution in [3.8, 4) is 40.1 Å². The molecule has 0 radical (unpaired) electrons. The standard InChI is InChI=1S/C23H23NO7/c1-5-10-24-16(25)11-15-17-19(27-3)22-23(30-12-29-22)21(28-4)20(17)31-18(15)13-6-8-14(26-2)9-7-13/h5-9H,1,10-12H2,2-4H3,(H,24,25). The van der Waals surface area contributed by atoms with Gasteiger partial charge in [-0.25, -0.2) is 0 Å². The number of methoxy groups -OCH3 is 3. The van der Waals surface area contributed by atoms with Crippen LogP contribution in [0.5, 0.6) is 28.7 Å². The zero-order valence-corrected chi connectivity index (χ0v) is 17.6. The number of amides is 1. The molecule has 0 bridgehead atoms. The summed E-state index contributed by atoms with van der Waals surface area (Å²) in [6.45, 7) is 4.04. The van der Waals surface area contributed by atoms with Crippen molar-refractivity contribution in [2.45, 2.75) is 6.42 Å². The first-order chi connectivity index (χ1) is 15.1. The number of carbonyl (C=O) groups is 1. The number of ether oxygens (including phenoxy) is 5. The zero-order chi connectivity index (χ0) is 22.0. The first kappa shape index (κ1) is 20.5. The Hall–Kier alpha value is -3.81. The molecule has 8 nitrogen and oxygen atoms in total. The van der Waals surface area contributed by atoms with E-state index >= 15 is 0 Å². The van der Waals surface area contributed by atoms with Crippen molar-refractivity contribution >= 4 is 16.9 Å². The van der Waals surface area contributed by atoms with E-state index in [1.807, 2.05) is 24.3 Å².